The molecule has 0 amide bonds. The summed E-state index contributed by atoms with van der Waals surface area (Å²) in [5.74, 6) is 0.290. The zero-order valence-corrected chi connectivity index (χ0v) is 12.3. The number of nitrogens with zero attached hydrogens (tertiary/aromatic N) is 1. The van der Waals surface area contributed by atoms with Crippen LogP contribution in [0.3, 0.4) is 0 Å². The molecule has 3 unspecified atom stereocenters. The highest BCUT2D eigenvalue weighted by Crippen LogP contribution is 2.35. The lowest BCUT2D eigenvalue weighted by Crippen LogP contribution is -2.60. The van der Waals surface area contributed by atoms with Crippen molar-refractivity contribution in [1.29, 1.82) is 0 Å². The first-order valence-corrected chi connectivity index (χ1v) is 6.54. The second-order valence-corrected chi connectivity index (χ2v) is 7.51. The minimum atomic E-state index is 0.166. The number of oxime groups is 1. The fourth-order valence-electron chi connectivity index (χ4n) is 2.70. The van der Waals surface area contributed by atoms with Crippen LogP contribution in [0.5, 0.6) is 0 Å². The summed E-state index contributed by atoms with van der Waals surface area (Å²) in [4.78, 5) is 0. The van der Waals surface area contributed by atoms with E-state index in [9.17, 15) is 5.21 Å². The van der Waals surface area contributed by atoms with Crippen molar-refractivity contribution in [3.8, 4) is 0 Å². The average Bonchev–Trinajstić information content (AvgIpc) is 2.14. The summed E-state index contributed by atoms with van der Waals surface area (Å²) in [5, 5.41) is 16.5. The molecule has 17 heavy (non-hydrogen) atoms. The van der Waals surface area contributed by atoms with Crippen molar-refractivity contribution in [3.05, 3.63) is 0 Å². The minimum Gasteiger partial charge on any atom is -0.411 e. The van der Waals surface area contributed by atoms with Crippen LogP contribution in [0, 0.1) is 16.7 Å². The fourth-order valence-corrected chi connectivity index (χ4v) is 2.70. The van der Waals surface area contributed by atoms with Crippen molar-refractivity contribution in [2.24, 2.45) is 21.9 Å². The summed E-state index contributed by atoms with van der Waals surface area (Å²) in [6, 6.07) is 0.722. The van der Waals surface area contributed by atoms with Crippen LogP contribution in [0.1, 0.15) is 54.9 Å². The second-order valence-electron chi connectivity index (χ2n) is 7.51. The highest BCUT2D eigenvalue weighted by Gasteiger charge is 2.41. The summed E-state index contributed by atoms with van der Waals surface area (Å²) in [7, 11) is 0. The van der Waals surface area contributed by atoms with Gasteiger partial charge in [-0.2, -0.15) is 0 Å². The molecule has 0 radical (unpaired) electrons. The largest absolute Gasteiger partial charge is 0.411 e. The lowest BCUT2D eigenvalue weighted by molar-refractivity contribution is 0.144. The molecule has 1 aliphatic rings. The fraction of sp³-hybridized carbons (Fsp3) is 0.929. The predicted molar refractivity (Wildman–Crippen MR) is 72.6 cm³/mol. The third-order valence-corrected chi connectivity index (χ3v) is 3.93. The Kier molecular flexibility index (Phi) is 3.92. The van der Waals surface area contributed by atoms with Crippen LogP contribution >= 0.6 is 0 Å². The van der Waals surface area contributed by atoms with Crippen LogP contribution in [0.25, 0.3) is 0 Å². The van der Waals surface area contributed by atoms with Gasteiger partial charge in [-0.05, 0) is 10.8 Å². The van der Waals surface area contributed by atoms with E-state index in [-0.39, 0.29) is 10.8 Å². The van der Waals surface area contributed by atoms with E-state index in [2.05, 4.69) is 58.9 Å². The monoisotopic (exact) mass is 240 g/mol. The van der Waals surface area contributed by atoms with Gasteiger partial charge in [0.2, 0.25) is 0 Å². The van der Waals surface area contributed by atoms with E-state index in [0.717, 1.165) is 12.1 Å². The third-order valence-electron chi connectivity index (χ3n) is 3.93. The Balaban J connectivity index is 3.00. The summed E-state index contributed by atoms with van der Waals surface area (Å²) < 4.78 is 0. The Bertz CT molecular complexity index is 296. The van der Waals surface area contributed by atoms with Crippen molar-refractivity contribution < 1.29 is 5.21 Å². The van der Waals surface area contributed by atoms with E-state index >= 15 is 0 Å². The van der Waals surface area contributed by atoms with Crippen LogP contribution in [0.4, 0.5) is 0 Å². The van der Waals surface area contributed by atoms with E-state index in [0.29, 0.717) is 18.0 Å². The molecule has 100 valence electrons. The molecule has 0 aromatic heterocycles. The van der Waals surface area contributed by atoms with Gasteiger partial charge in [-0.1, -0.05) is 53.6 Å². The average molecular weight is 240 g/mol. The molecule has 1 saturated heterocycles. The van der Waals surface area contributed by atoms with Crippen molar-refractivity contribution in [2.45, 2.75) is 67.0 Å². The number of hydrogen-bond acceptors (Lipinski definition) is 3. The Morgan fingerprint density at radius 3 is 2.00 bits per heavy atom. The highest BCUT2D eigenvalue weighted by atomic mass is 16.4. The quantitative estimate of drug-likeness (QED) is 0.504. The zero-order valence-electron chi connectivity index (χ0n) is 12.3. The topological polar surface area (TPSA) is 44.6 Å². The SMILES string of the molecule is CC1/C(=N\O)CC(C(C)(C)C)NC1C(C)(C)C. The Morgan fingerprint density at radius 1 is 1.12 bits per heavy atom. The first kappa shape index (κ1) is 14.5. The van der Waals surface area contributed by atoms with Crippen molar-refractivity contribution in [2.75, 3.05) is 0 Å². The van der Waals surface area contributed by atoms with Crippen LogP contribution in [-0.2, 0) is 0 Å². The van der Waals surface area contributed by atoms with Crippen molar-refractivity contribution in [1.82, 2.24) is 5.32 Å². The van der Waals surface area contributed by atoms with Crippen molar-refractivity contribution in [3.63, 3.8) is 0 Å². The predicted octanol–water partition coefficient (Wildman–Crippen LogP) is 3.28. The summed E-state index contributed by atoms with van der Waals surface area (Å²) in [6.07, 6.45) is 0.841. The van der Waals surface area contributed by atoms with Gasteiger partial charge in [0, 0.05) is 24.4 Å². The molecule has 0 bridgehead atoms. The van der Waals surface area contributed by atoms with E-state index in [1.807, 2.05) is 0 Å². The molecule has 1 aliphatic heterocycles. The first-order valence-electron chi connectivity index (χ1n) is 6.54. The number of piperidine rings is 1. The molecule has 1 rings (SSSR count). The van der Waals surface area contributed by atoms with E-state index in [1.54, 1.807) is 0 Å². The molecular formula is C14H28N2O. The molecule has 1 fully saturated rings. The standard InChI is InChI=1S/C14H28N2O/c1-9-10(16-17)8-11(13(2,3)4)15-12(9)14(5,6)7/h9,11-12,15,17H,8H2,1-7H3/b16-10-. The maximum Gasteiger partial charge on any atom is 0.0630 e. The van der Waals surface area contributed by atoms with Gasteiger partial charge in [-0.3, -0.25) is 0 Å². The summed E-state index contributed by atoms with van der Waals surface area (Å²) >= 11 is 0. The maximum atomic E-state index is 9.19. The van der Waals surface area contributed by atoms with Crippen molar-refractivity contribution >= 4 is 5.71 Å². The van der Waals surface area contributed by atoms with Gasteiger partial charge in [0.25, 0.3) is 0 Å². The molecule has 0 spiro atoms. The Hall–Kier alpha value is -0.570. The molecule has 0 aromatic rings. The van der Waals surface area contributed by atoms with E-state index in [4.69, 9.17) is 0 Å². The van der Waals surface area contributed by atoms with Gasteiger partial charge < -0.3 is 10.5 Å². The van der Waals surface area contributed by atoms with Crippen LogP contribution < -0.4 is 5.32 Å². The highest BCUT2D eigenvalue weighted by molar-refractivity contribution is 5.88. The molecule has 2 N–H and O–H groups in total. The van der Waals surface area contributed by atoms with E-state index < -0.39 is 0 Å². The molecule has 3 nitrogen and oxygen atoms in total. The van der Waals surface area contributed by atoms with Crippen LogP contribution in [0.15, 0.2) is 5.16 Å². The Morgan fingerprint density at radius 2 is 1.65 bits per heavy atom. The van der Waals surface area contributed by atoms with Gasteiger partial charge in [-0.25, -0.2) is 0 Å². The van der Waals surface area contributed by atoms with Gasteiger partial charge in [0.1, 0.15) is 0 Å². The molecule has 3 heteroatoms. The summed E-state index contributed by atoms with van der Waals surface area (Å²) in [6.45, 7) is 15.6. The minimum absolute atomic E-state index is 0.166. The van der Waals surface area contributed by atoms with Crippen LogP contribution in [0.2, 0.25) is 0 Å². The molecule has 0 aromatic carbocycles. The van der Waals surface area contributed by atoms with Crippen LogP contribution in [-0.4, -0.2) is 23.0 Å². The maximum absolute atomic E-state index is 9.19. The van der Waals surface area contributed by atoms with Gasteiger partial charge in [-0.15, -0.1) is 0 Å². The Labute approximate surface area is 106 Å². The van der Waals surface area contributed by atoms with E-state index in [1.165, 1.54) is 0 Å². The number of rotatable bonds is 0. The number of hydrogen-bond donors (Lipinski definition) is 2. The van der Waals surface area contributed by atoms with Gasteiger partial charge in [0.05, 0.1) is 5.71 Å². The molecular weight excluding hydrogens is 212 g/mol. The normalized spacial score (nSPS) is 34.1. The smallest absolute Gasteiger partial charge is 0.0630 e. The molecule has 3 atom stereocenters. The molecule has 1 heterocycles. The summed E-state index contributed by atoms with van der Waals surface area (Å²) in [5.41, 5.74) is 1.28. The number of nitrogens with one attached hydrogen (secondary N) is 1. The zero-order chi connectivity index (χ0) is 13.4. The molecule has 0 saturated carbocycles. The van der Waals surface area contributed by atoms with Gasteiger partial charge >= 0.3 is 0 Å². The molecule has 0 aliphatic carbocycles. The lowest BCUT2D eigenvalue weighted by Gasteiger charge is -2.47. The second kappa shape index (κ2) is 4.60. The third kappa shape index (κ3) is 3.21. The van der Waals surface area contributed by atoms with Gasteiger partial charge in [0.15, 0.2) is 0 Å². The lowest BCUT2D eigenvalue weighted by atomic mass is 9.70. The first-order chi connectivity index (χ1) is 7.57.